The highest BCUT2D eigenvalue weighted by Crippen LogP contribution is 2.29. The molecule has 1 N–H and O–H groups in total. The minimum atomic E-state index is -0.912. The maximum Gasteiger partial charge on any atom is 0.308 e. The molecule has 4 aromatic rings. The number of aromatic nitrogens is 1. The third-order valence-electron chi connectivity index (χ3n) is 6.15. The Bertz CT molecular complexity index is 1440. The Hall–Kier alpha value is -4.24. The summed E-state index contributed by atoms with van der Waals surface area (Å²) in [7, 11) is 0. The molecule has 3 heterocycles. The Morgan fingerprint density at radius 3 is 2.58 bits per heavy atom. The number of fused-ring (bicyclic) bond motifs is 1. The molecule has 2 aromatic heterocycles. The fraction of sp³-hybridized carbons (Fsp3) is 0.185. The van der Waals surface area contributed by atoms with Gasteiger partial charge in [0.05, 0.1) is 17.0 Å². The van der Waals surface area contributed by atoms with Gasteiger partial charge in [-0.05, 0) is 53.8 Å². The lowest BCUT2D eigenvalue weighted by Gasteiger charge is -2.27. The van der Waals surface area contributed by atoms with Crippen LogP contribution < -0.4 is 9.64 Å². The number of benzene rings is 2. The molecular formula is C27H23N3O5S. The van der Waals surface area contributed by atoms with E-state index in [0.717, 1.165) is 21.4 Å². The van der Waals surface area contributed by atoms with Crippen molar-refractivity contribution in [3.05, 3.63) is 82.7 Å². The van der Waals surface area contributed by atoms with Crippen LogP contribution in [-0.4, -0.2) is 46.2 Å². The minimum Gasteiger partial charge on any atom is -0.427 e. The molecule has 1 aliphatic heterocycles. The molecule has 0 aliphatic carbocycles. The second-order valence-electron chi connectivity index (χ2n) is 8.46. The van der Waals surface area contributed by atoms with E-state index in [1.54, 1.807) is 24.3 Å². The van der Waals surface area contributed by atoms with E-state index < -0.39 is 17.9 Å². The second kappa shape index (κ2) is 9.79. The number of esters is 1. The maximum absolute atomic E-state index is 13.5. The summed E-state index contributed by atoms with van der Waals surface area (Å²) in [5.41, 5.74) is 2.40. The van der Waals surface area contributed by atoms with E-state index >= 15 is 0 Å². The molecule has 1 saturated heterocycles. The Morgan fingerprint density at radius 2 is 1.86 bits per heavy atom. The monoisotopic (exact) mass is 501 g/mol. The van der Waals surface area contributed by atoms with Gasteiger partial charge in [0.1, 0.15) is 11.8 Å². The van der Waals surface area contributed by atoms with Crippen LogP contribution in [0, 0.1) is 0 Å². The number of imide groups is 1. The first kappa shape index (κ1) is 23.5. The van der Waals surface area contributed by atoms with E-state index in [1.165, 1.54) is 35.3 Å². The summed E-state index contributed by atoms with van der Waals surface area (Å²) >= 11 is 1.30. The number of hydrogen-bond donors (Lipinski definition) is 1. The quantitative estimate of drug-likeness (QED) is 0.233. The van der Waals surface area contributed by atoms with Gasteiger partial charge in [-0.2, -0.15) is 0 Å². The highest BCUT2D eigenvalue weighted by Gasteiger charge is 2.44. The number of carbonyl (C=O) groups is 4. The highest BCUT2D eigenvalue weighted by atomic mass is 32.1. The third-order valence-corrected chi connectivity index (χ3v) is 7.00. The Kier molecular flexibility index (Phi) is 6.39. The normalized spacial score (nSPS) is 15.5. The summed E-state index contributed by atoms with van der Waals surface area (Å²) in [4.78, 5) is 57.4. The van der Waals surface area contributed by atoms with Crippen LogP contribution in [-0.2, 0) is 20.8 Å². The molecule has 3 amide bonds. The molecule has 1 aliphatic rings. The Labute approximate surface area is 211 Å². The average molecular weight is 502 g/mol. The predicted molar refractivity (Wildman–Crippen MR) is 136 cm³/mol. The molecular weight excluding hydrogens is 478 g/mol. The molecule has 1 fully saturated rings. The number of ether oxygens (including phenoxy) is 1. The number of nitrogens with one attached hydrogen (secondary N) is 1. The van der Waals surface area contributed by atoms with Gasteiger partial charge in [-0.3, -0.25) is 19.2 Å². The lowest BCUT2D eigenvalue weighted by molar-refractivity contribution is -0.132. The Morgan fingerprint density at radius 1 is 1.08 bits per heavy atom. The number of anilines is 1. The van der Waals surface area contributed by atoms with Crippen LogP contribution in [0.2, 0.25) is 0 Å². The number of hydrogen-bond acceptors (Lipinski definition) is 6. The zero-order valence-electron chi connectivity index (χ0n) is 19.5. The number of nitrogens with zero attached hydrogens (tertiary/aromatic N) is 2. The average Bonchev–Trinajstić information content (AvgIpc) is 3.60. The SMILES string of the molecule is CC(=O)Oc1ccc(N2C(=O)CC(N(CCc3c[nH]c4ccccc34)C(=O)c3cccs3)C2=O)cc1. The van der Waals surface area contributed by atoms with E-state index in [9.17, 15) is 19.2 Å². The van der Waals surface area contributed by atoms with Gasteiger partial charge < -0.3 is 14.6 Å². The topological polar surface area (TPSA) is 99.8 Å². The summed E-state index contributed by atoms with van der Waals surface area (Å²) in [6.45, 7) is 1.57. The summed E-state index contributed by atoms with van der Waals surface area (Å²) in [6.07, 6.45) is 2.34. The lowest BCUT2D eigenvalue weighted by atomic mass is 10.1. The van der Waals surface area contributed by atoms with Crippen LogP contribution in [0.4, 0.5) is 5.69 Å². The molecule has 8 nitrogen and oxygen atoms in total. The van der Waals surface area contributed by atoms with Crippen molar-refractivity contribution in [1.29, 1.82) is 0 Å². The fourth-order valence-electron chi connectivity index (χ4n) is 4.48. The molecule has 0 spiro atoms. The van der Waals surface area contributed by atoms with Gasteiger partial charge in [0.15, 0.2) is 0 Å². The van der Waals surface area contributed by atoms with Gasteiger partial charge in [0.25, 0.3) is 11.8 Å². The van der Waals surface area contributed by atoms with Crippen molar-refractivity contribution in [2.45, 2.75) is 25.8 Å². The van der Waals surface area contributed by atoms with Crippen LogP contribution in [0.5, 0.6) is 5.75 Å². The van der Waals surface area contributed by atoms with Crippen molar-refractivity contribution in [3.63, 3.8) is 0 Å². The number of carbonyl (C=O) groups excluding carboxylic acids is 4. The lowest BCUT2D eigenvalue weighted by Crippen LogP contribution is -2.46. The number of amides is 3. The van der Waals surface area contributed by atoms with E-state index in [1.807, 2.05) is 35.8 Å². The van der Waals surface area contributed by atoms with Crippen molar-refractivity contribution in [2.24, 2.45) is 0 Å². The fourth-order valence-corrected chi connectivity index (χ4v) is 5.16. The highest BCUT2D eigenvalue weighted by molar-refractivity contribution is 7.12. The van der Waals surface area contributed by atoms with Gasteiger partial charge >= 0.3 is 5.97 Å². The van der Waals surface area contributed by atoms with Crippen molar-refractivity contribution >= 4 is 51.6 Å². The molecule has 9 heteroatoms. The van der Waals surface area contributed by atoms with Crippen molar-refractivity contribution in [2.75, 3.05) is 11.4 Å². The van der Waals surface area contributed by atoms with Crippen molar-refractivity contribution in [1.82, 2.24) is 9.88 Å². The molecule has 1 unspecified atom stereocenters. The van der Waals surface area contributed by atoms with Gasteiger partial charge in [-0.1, -0.05) is 24.3 Å². The zero-order chi connectivity index (χ0) is 25.2. The predicted octanol–water partition coefficient (Wildman–Crippen LogP) is 4.17. The number of para-hydroxylation sites is 1. The molecule has 0 radical (unpaired) electrons. The second-order valence-corrected chi connectivity index (χ2v) is 9.41. The van der Waals surface area contributed by atoms with Gasteiger partial charge in [-0.15, -0.1) is 11.3 Å². The van der Waals surface area contributed by atoms with E-state index in [-0.39, 0.29) is 24.8 Å². The number of rotatable bonds is 7. The van der Waals surface area contributed by atoms with Crippen LogP contribution in [0.1, 0.15) is 28.6 Å². The van der Waals surface area contributed by atoms with E-state index in [2.05, 4.69) is 4.98 Å². The maximum atomic E-state index is 13.5. The van der Waals surface area contributed by atoms with Gasteiger partial charge in [-0.25, -0.2) is 4.90 Å². The molecule has 182 valence electrons. The largest absolute Gasteiger partial charge is 0.427 e. The summed E-state index contributed by atoms with van der Waals surface area (Å²) in [5.74, 6) is -1.27. The van der Waals surface area contributed by atoms with Crippen LogP contribution in [0.15, 0.2) is 72.2 Å². The standard InChI is InChI=1S/C27H23N3O5S/c1-17(31)35-20-10-8-19(9-11-20)30-25(32)15-23(26(30)33)29(27(34)24-7-4-14-36-24)13-12-18-16-28-22-6-3-2-5-21(18)22/h2-11,14,16,23,28H,12-13,15H2,1H3. The molecule has 0 saturated carbocycles. The van der Waals surface area contributed by atoms with E-state index in [4.69, 9.17) is 4.74 Å². The third kappa shape index (κ3) is 4.52. The van der Waals surface area contributed by atoms with Crippen molar-refractivity contribution in [3.8, 4) is 5.75 Å². The van der Waals surface area contributed by atoms with Crippen LogP contribution in [0.25, 0.3) is 10.9 Å². The Balaban J connectivity index is 1.41. The van der Waals surface area contributed by atoms with Gasteiger partial charge in [0, 0.05) is 30.6 Å². The summed E-state index contributed by atoms with van der Waals surface area (Å²) in [6, 6.07) is 16.6. The summed E-state index contributed by atoms with van der Waals surface area (Å²) < 4.78 is 5.03. The van der Waals surface area contributed by atoms with Crippen molar-refractivity contribution < 1.29 is 23.9 Å². The zero-order valence-corrected chi connectivity index (χ0v) is 20.3. The smallest absolute Gasteiger partial charge is 0.308 e. The number of aromatic amines is 1. The van der Waals surface area contributed by atoms with E-state index in [0.29, 0.717) is 22.7 Å². The van der Waals surface area contributed by atoms with Crippen LogP contribution in [0.3, 0.4) is 0 Å². The summed E-state index contributed by atoms with van der Waals surface area (Å²) in [5, 5.41) is 2.87. The molecule has 5 rings (SSSR count). The minimum absolute atomic E-state index is 0.102. The number of H-pyrrole nitrogens is 1. The molecule has 1 atom stereocenters. The number of thiophene rings is 1. The van der Waals surface area contributed by atoms with Crippen LogP contribution >= 0.6 is 11.3 Å². The first-order chi connectivity index (χ1) is 17.4. The first-order valence-electron chi connectivity index (χ1n) is 11.5. The van der Waals surface area contributed by atoms with Gasteiger partial charge in [0.2, 0.25) is 5.91 Å². The molecule has 0 bridgehead atoms. The molecule has 2 aromatic carbocycles. The molecule has 36 heavy (non-hydrogen) atoms. The first-order valence-corrected chi connectivity index (χ1v) is 12.3.